The number of carbonyl (C=O) groups is 1. The van der Waals surface area contributed by atoms with Crippen molar-refractivity contribution in [1.29, 1.82) is 0 Å². The number of amides is 1. The zero-order valence-corrected chi connectivity index (χ0v) is 12.0. The number of allylic oxidation sites excluding steroid dienone is 1. The van der Waals surface area contributed by atoms with Crippen molar-refractivity contribution in [2.75, 3.05) is 10.6 Å². The third-order valence-corrected chi connectivity index (χ3v) is 3.40. The van der Waals surface area contributed by atoms with Crippen LogP contribution < -0.4 is 10.6 Å². The molecule has 0 aliphatic carbocycles. The molecular formula is C14H12F3N5O. The van der Waals surface area contributed by atoms with Gasteiger partial charge in [-0.3, -0.25) is 4.79 Å². The fraction of sp³-hybridized carbons (Fsp3) is 0.214. The Morgan fingerprint density at radius 2 is 2.17 bits per heavy atom. The molecule has 3 rings (SSSR count). The summed E-state index contributed by atoms with van der Waals surface area (Å²) in [5.41, 5.74) is 0.214. The smallest absolute Gasteiger partial charge is 0.328 e. The molecule has 1 aromatic heterocycles. The third-order valence-electron chi connectivity index (χ3n) is 3.40. The fourth-order valence-electron chi connectivity index (χ4n) is 2.21. The normalized spacial score (nSPS) is 14.3. The van der Waals surface area contributed by atoms with Gasteiger partial charge < -0.3 is 10.6 Å². The van der Waals surface area contributed by atoms with Crippen LogP contribution in [0.1, 0.15) is 12.5 Å². The molecular weight excluding hydrogens is 311 g/mol. The topological polar surface area (TPSA) is 71.8 Å². The monoisotopic (exact) mass is 323 g/mol. The molecule has 1 aromatic carbocycles. The highest BCUT2D eigenvalue weighted by atomic mass is 19.4. The van der Waals surface area contributed by atoms with Gasteiger partial charge in [0.25, 0.3) is 5.91 Å². The molecule has 6 nitrogen and oxygen atoms in total. The molecule has 9 heteroatoms. The quantitative estimate of drug-likeness (QED) is 0.891. The molecule has 0 saturated carbocycles. The van der Waals surface area contributed by atoms with E-state index in [0.29, 0.717) is 17.2 Å². The number of carbonyl (C=O) groups excluding carboxylic acids is 1. The van der Waals surface area contributed by atoms with Gasteiger partial charge in [0.1, 0.15) is 6.33 Å². The van der Waals surface area contributed by atoms with E-state index in [1.807, 2.05) is 0 Å². The summed E-state index contributed by atoms with van der Waals surface area (Å²) in [6, 6.07) is 4.49. The van der Waals surface area contributed by atoms with Crippen molar-refractivity contribution >= 4 is 17.5 Å². The number of rotatable bonds is 2. The van der Waals surface area contributed by atoms with Crippen LogP contribution in [0.4, 0.5) is 24.8 Å². The minimum Gasteiger partial charge on any atom is -0.328 e. The first-order chi connectivity index (χ1) is 10.8. The van der Waals surface area contributed by atoms with Crippen LogP contribution >= 0.6 is 0 Å². The highest BCUT2D eigenvalue weighted by molar-refractivity contribution is 6.04. The van der Waals surface area contributed by atoms with Crippen LogP contribution in [0.5, 0.6) is 0 Å². The van der Waals surface area contributed by atoms with E-state index in [2.05, 4.69) is 20.7 Å². The van der Waals surface area contributed by atoms with Gasteiger partial charge in [-0.2, -0.15) is 23.3 Å². The molecule has 0 saturated heterocycles. The SMILES string of the molecule is CC1=C(C(=O)Nc2cccc(C(F)(F)F)c2)Cn2ncnc2N1. The molecule has 1 aliphatic heterocycles. The van der Waals surface area contributed by atoms with E-state index in [4.69, 9.17) is 0 Å². The molecule has 1 aliphatic rings. The first kappa shape index (κ1) is 15.1. The average molecular weight is 323 g/mol. The summed E-state index contributed by atoms with van der Waals surface area (Å²) in [6.45, 7) is 1.89. The van der Waals surface area contributed by atoms with E-state index in [9.17, 15) is 18.0 Å². The summed E-state index contributed by atoms with van der Waals surface area (Å²) >= 11 is 0. The standard InChI is InChI=1S/C14H12F3N5O/c1-8-11(6-22-13(20-8)18-7-19-22)12(23)21-10-4-2-3-9(5-10)14(15,16)17/h2-5,7H,6H2,1H3,(H,21,23)(H,18,19,20). The molecule has 0 unspecified atom stereocenters. The second kappa shape index (κ2) is 5.41. The lowest BCUT2D eigenvalue weighted by Gasteiger charge is -2.19. The van der Waals surface area contributed by atoms with Gasteiger partial charge in [-0.25, -0.2) is 4.68 Å². The Hall–Kier alpha value is -2.84. The van der Waals surface area contributed by atoms with Gasteiger partial charge in [-0.1, -0.05) is 6.07 Å². The number of halogens is 3. The largest absolute Gasteiger partial charge is 0.416 e. The summed E-state index contributed by atoms with van der Waals surface area (Å²) in [5, 5.41) is 9.36. The fourth-order valence-corrected chi connectivity index (χ4v) is 2.21. The van der Waals surface area contributed by atoms with E-state index in [0.717, 1.165) is 12.1 Å². The van der Waals surface area contributed by atoms with Crippen LogP contribution in [0, 0.1) is 0 Å². The van der Waals surface area contributed by atoms with E-state index in [1.54, 1.807) is 6.92 Å². The second-order valence-electron chi connectivity index (χ2n) is 5.00. The number of nitrogens with zero attached hydrogens (tertiary/aromatic N) is 3. The lowest BCUT2D eigenvalue weighted by atomic mass is 10.1. The Bertz CT molecular complexity index is 794. The number of hydrogen-bond donors (Lipinski definition) is 2. The molecule has 0 bridgehead atoms. The van der Waals surface area contributed by atoms with Gasteiger partial charge in [0.2, 0.25) is 5.95 Å². The number of aromatic nitrogens is 3. The second-order valence-corrected chi connectivity index (χ2v) is 5.00. The Labute approximate surface area is 129 Å². The number of alkyl halides is 3. The molecule has 0 fully saturated rings. The minimum absolute atomic E-state index is 0.0783. The molecule has 120 valence electrons. The van der Waals surface area contributed by atoms with Gasteiger partial charge in [0, 0.05) is 11.4 Å². The number of hydrogen-bond acceptors (Lipinski definition) is 4. The van der Waals surface area contributed by atoms with Crippen molar-refractivity contribution in [3.63, 3.8) is 0 Å². The molecule has 0 spiro atoms. The van der Waals surface area contributed by atoms with Crippen molar-refractivity contribution in [3.8, 4) is 0 Å². The van der Waals surface area contributed by atoms with Gasteiger partial charge in [-0.15, -0.1) is 0 Å². The van der Waals surface area contributed by atoms with Crippen LogP contribution in [0.25, 0.3) is 0 Å². The zero-order chi connectivity index (χ0) is 16.6. The van der Waals surface area contributed by atoms with E-state index in [1.165, 1.54) is 23.1 Å². The summed E-state index contributed by atoms with van der Waals surface area (Å²) in [4.78, 5) is 16.3. The van der Waals surface area contributed by atoms with Crippen molar-refractivity contribution in [2.45, 2.75) is 19.6 Å². The first-order valence-electron chi connectivity index (χ1n) is 6.68. The molecule has 0 atom stereocenters. The van der Waals surface area contributed by atoms with Gasteiger partial charge >= 0.3 is 6.18 Å². The van der Waals surface area contributed by atoms with Crippen molar-refractivity contribution < 1.29 is 18.0 Å². The van der Waals surface area contributed by atoms with Crippen LogP contribution in [0.2, 0.25) is 0 Å². The maximum Gasteiger partial charge on any atom is 0.416 e. The summed E-state index contributed by atoms with van der Waals surface area (Å²) in [5.74, 6) is 0.0218. The summed E-state index contributed by atoms with van der Waals surface area (Å²) in [6.07, 6.45) is -3.11. The Morgan fingerprint density at radius 3 is 2.91 bits per heavy atom. The Morgan fingerprint density at radius 1 is 1.39 bits per heavy atom. The highest BCUT2D eigenvalue weighted by Crippen LogP contribution is 2.31. The van der Waals surface area contributed by atoms with Crippen LogP contribution in [-0.4, -0.2) is 20.7 Å². The predicted octanol–water partition coefficient (Wildman–Crippen LogP) is 2.64. The van der Waals surface area contributed by atoms with E-state index < -0.39 is 17.6 Å². The zero-order valence-electron chi connectivity index (χ0n) is 12.0. The minimum atomic E-state index is -4.46. The van der Waals surface area contributed by atoms with Crippen molar-refractivity contribution in [3.05, 3.63) is 47.4 Å². The lowest BCUT2D eigenvalue weighted by Crippen LogP contribution is -2.26. The maximum absolute atomic E-state index is 12.7. The van der Waals surface area contributed by atoms with Crippen LogP contribution in [0.3, 0.4) is 0 Å². The Kier molecular flexibility index (Phi) is 3.55. The van der Waals surface area contributed by atoms with Gasteiger partial charge in [0.05, 0.1) is 17.7 Å². The molecule has 2 N–H and O–H groups in total. The maximum atomic E-state index is 12.7. The van der Waals surface area contributed by atoms with E-state index in [-0.39, 0.29) is 12.2 Å². The molecule has 2 aromatic rings. The highest BCUT2D eigenvalue weighted by Gasteiger charge is 2.30. The summed E-state index contributed by atoms with van der Waals surface area (Å²) < 4.78 is 39.6. The molecule has 23 heavy (non-hydrogen) atoms. The van der Waals surface area contributed by atoms with Crippen LogP contribution in [0.15, 0.2) is 41.9 Å². The molecule has 1 amide bonds. The molecule has 0 radical (unpaired) electrons. The molecule has 2 heterocycles. The number of fused-ring (bicyclic) bond motifs is 1. The third kappa shape index (κ3) is 3.03. The summed E-state index contributed by atoms with van der Waals surface area (Å²) in [7, 11) is 0. The van der Waals surface area contributed by atoms with Crippen LogP contribution in [-0.2, 0) is 17.5 Å². The Balaban J connectivity index is 1.80. The predicted molar refractivity (Wildman–Crippen MR) is 76.4 cm³/mol. The average Bonchev–Trinajstić information content (AvgIpc) is 2.92. The lowest BCUT2D eigenvalue weighted by molar-refractivity contribution is -0.137. The number of benzene rings is 1. The number of nitrogens with one attached hydrogen (secondary N) is 2. The van der Waals surface area contributed by atoms with Gasteiger partial charge in [0.15, 0.2) is 0 Å². The van der Waals surface area contributed by atoms with Crippen molar-refractivity contribution in [1.82, 2.24) is 14.8 Å². The van der Waals surface area contributed by atoms with Gasteiger partial charge in [-0.05, 0) is 25.1 Å². The number of anilines is 2. The van der Waals surface area contributed by atoms with E-state index >= 15 is 0 Å². The van der Waals surface area contributed by atoms with Crippen molar-refractivity contribution in [2.24, 2.45) is 0 Å². The first-order valence-corrected chi connectivity index (χ1v) is 6.68.